The highest BCUT2D eigenvalue weighted by atomic mass is 28.3. The second-order valence-corrected chi connectivity index (χ2v) is 10.7. The van der Waals surface area contributed by atoms with Crippen LogP contribution in [0, 0.1) is 5.41 Å². The van der Waals surface area contributed by atoms with Gasteiger partial charge >= 0.3 is 0 Å². The van der Waals surface area contributed by atoms with E-state index in [0.29, 0.717) is 13.0 Å². The van der Waals surface area contributed by atoms with Crippen LogP contribution in [0.3, 0.4) is 0 Å². The number of rotatable bonds is 6. The fraction of sp³-hybridized carbons (Fsp3) is 0.455. The zero-order valence-electron chi connectivity index (χ0n) is 16.6. The van der Waals surface area contributed by atoms with E-state index in [0.717, 1.165) is 0 Å². The molecule has 3 unspecified atom stereocenters. The Morgan fingerprint density at radius 3 is 1.93 bits per heavy atom. The van der Waals surface area contributed by atoms with E-state index >= 15 is 0 Å². The first kappa shape index (κ1) is 20.2. The van der Waals surface area contributed by atoms with Crippen LogP contribution >= 0.6 is 0 Å². The van der Waals surface area contributed by atoms with Crippen molar-refractivity contribution in [2.24, 2.45) is 5.41 Å². The monoisotopic (exact) mass is 386 g/mol. The van der Waals surface area contributed by atoms with Gasteiger partial charge in [-0.15, -0.1) is 0 Å². The summed E-state index contributed by atoms with van der Waals surface area (Å²) in [7, 11) is -0.274. The second-order valence-electron chi connectivity index (χ2n) is 8.32. The number of methoxy groups -OCH3 is 1. The molecule has 1 heterocycles. The van der Waals surface area contributed by atoms with Crippen LogP contribution in [0.5, 0.6) is 0 Å². The highest BCUT2D eigenvalue weighted by molar-refractivity contribution is 6.80. The molecule has 1 saturated heterocycles. The third-order valence-electron chi connectivity index (χ3n) is 5.19. The normalized spacial score (nSPS) is 24.3. The lowest BCUT2D eigenvalue weighted by molar-refractivity contribution is -0.129. The van der Waals surface area contributed by atoms with Crippen molar-refractivity contribution in [1.29, 1.82) is 0 Å². The Labute approximate surface area is 163 Å². The molecule has 1 aliphatic rings. The highest BCUT2D eigenvalue weighted by Gasteiger charge is 2.52. The van der Waals surface area contributed by atoms with Gasteiger partial charge in [0.25, 0.3) is 0 Å². The molecule has 5 heteroatoms. The second kappa shape index (κ2) is 8.25. The van der Waals surface area contributed by atoms with Crippen molar-refractivity contribution in [3.8, 4) is 0 Å². The third-order valence-corrected chi connectivity index (χ3v) is 7.71. The largest absolute Gasteiger partial charge is 0.404 e. The molecule has 0 aromatic heterocycles. The van der Waals surface area contributed by atoms with Crippen molar-refractivity contribution in [2.75, 3.05) is 13.7 Å². The summed E-state index contributed by atoms with van der Waals surface area (Å²) in [5.74, 6) is 0. The number of hydrogen-bond acceptors (Lipinski definition) is 4. The van der Waals surface area contributed by atoms with Crippen LogP contribution in [0.25, 0.3) is 0 Å². The smallest absolute Gasteiger partial charge is 0.240 e. The molecule has 3 rings (SSSR count). The molecule has 146 valence electrons. The molecule has 1 fully saturated rings. The van der Waals surface area contributed by atoms with E-state index in [2.05, 4.69) is 69.3 Å². The Hall–Kier alpha value is -1.50. The van der Waals surface area contributed by atoms with Crippen LogP contribution in [0.1, 0.15) is 27.2 Å². The van der Waals surface area contributed by atoms with E-state index in [4.69, 9.17) is 13.9 Å². The Balaban J connectivity index is 2.01. The Morgan fingerprint density at radius 2 is 1.56 bits per heavy atom. The van der Waals surface area contributed by atoms with Gasteiger partial charge < -0.3 is 19.0 Å². The molecule has 0 spiro atoms. The van der Waals surface area contributed by atoms with E-state index < -0.39 is 20.9 Å². The van der Waals surface area contributed by atoms with Gasteiger partial charge in [-0.1, -0.05) is 81.4 Å². The van der Waals surface area contributed by atoms with Crippen molar-refractivity contribution in [3.63, 3.8) is 0 Å². The van der Waals surface area contributed by atoms with Gasteiger partial charge in [-0.25, -0.2) is 0 Å². The zero-order chi connectivity index (χ0) is 19.5. The molecular formula is C22H30O4Si. The van der Waals surface area contributed by atoms with Gasteiger partial charge in [0, 0.05) is 13.5 Å². The van der Waals surface area contributed by atoms with E-state index in [1.54, 1.807) is 7.11 Å². The average molecular weight is 387 g/mol. The van der Waals surface area contributed by atoms with Crippen molar-refractivity contribution >= 4 is 19.4 Å². The maximum absolute atomic E-state index is 10.0. The first-order valence-corrected chi connectivity index (χ1v) is 11.1. The topological polar surface area (TPSA) is 47.9 Å². The highest BCUT2D eigenvalue weighted by Crippen LogP contribution is 2.40. The van der Waals surface area contributed by atoms with Gasteiger partial charge in [0.05, 0.1) is 12.7 Å². The third kappa shape index (κ3) is 4.50. The molecule has 0 radical (unpaired) electrons. The molecule has 3 atom stereocenters. The maximum atomic E-state index is 10.0. The molecule has 4 nitrogen and oxygen atoms in total. The van der Waals surface area contributed by atoms with Crippen LogP contribution in [-0.2, 0) is 13.9 Å². The summed E-state index contributed by atoms with van der Waals surface area (Å²) in [5.41, 5.74) is -0.843. The van der Waals surface area contributed by atoms with Crippen molar-refractivity contribution < 1.29 is 19.0 Å². The molecule has 0 bridgehead atoms. The van der Waals surface area contributed by atoms with E-state index in [9.17, 15) is 5.11 Å². The van der Waals surface area contributed by atoms with E-state index in [-0.39, 0.29) is 11.5 Å². The number of hydrogen-bond donors (Lipinski definition) is 1. The molecule has 2 aromatic rings. The Bertz CT molecular complexity index is 677. The molecule has 2 aromatic carbocycles. The molecule has 0 aliphatic carbocycles. The molecule has 0 amide bonds. The van der Waals surface area contributed by atoms with Crippen LogP contribution < -0.4 is 10.4 Å². The molecule has 27 heavy (non-hydrogen) atoms. The van der Waals surface area contributed by atoms with Crippen molar-refractivity contribution in [3.05, 3.63) is 60.7 Å². The first-order chi connectivity index (χ1) is 12.9. The predicted octanol–water partition coefficient (Wildman–Crippen LogP) is 2.08. The van der Waals surface area contributed by atoms with Crippen LogP contribution in [0.2, 0.25) is 0 Å². The zero-order valence-corrected chi connectivity index (χ0v) is 17.7. The van der Waals surface area contributed by atoms with Gasteiger partial charge in [0.2, 0.25) is 9.04 Å². The summed E-state index contributed by atoms with van der Waals surface area (Å²) in [4.78, 5) is 0. The molecule has 1 N–H and O–H groups in total. The standard InChI is InChI=1S/C22H30O4Si/c1-21(2,3)20(22(24-4)15-19(23)25-16-22)26-27(17-11-7-5-8-12-17)18-13-9-6-10-14-18/h5-14,19-20,23,27H,15-16H2,1-4H3. The Kier molecular flexibility index (Phi) is 6.18. The van der Waals surface area contributed by atoms with E-state index in [1.165, 1.54) is 10.4 Å². The van der Waals surface area contributed by atoms with Gasteiger partial charge in [0.1, 0.15) is 5.60 Å². The minimum absolute atomic E-state index is 0.182. The van der Waals surface area contributed by atoms with Crippen molar-refractivity contribution in [1.82, 2.24) is 0 Å². The maximum Gasteiger partial charge on any atom is 0.240 e. The van der Waals surface area contributed by atoms with E-state index in [1.807, 2.05) is 12.1 Å². The number of benzene rings is 2. The summed E-state index contributed by atoms with van der Waals surface area (Å²) in [5, 5.41) is 12.5. The summed E-state index contributed by atoms with van der Waals surface area (Å²) in [6, 6.07) is 20.9. The lowest BCUT2D eigenvalue weighted by atomic mass is 9.78. The lowest BCUT2D eigenvalue weighted by Gasteiger charge is -2.44. The predicted molar refractivity (Wildman–Crippen MR) is 110 cm³/mol. The van der Waals surface area contributed by atoms with Gasteiger partial charge in [-0.05, 0) is 15.8 Å². The fourth-order valence-electron chi connectivity index (χ4n) is 3.94. The summed E-state index contributed by atoms with van der Waals surface area (Å²) < 4.78 is 18.4. The van der Waals surface area contributed by atoms with Gasteiger partial charge in [-0.2, -0.15) is 0 Å². The number of aliphatic hydroxyl groups is 1. The first-order valence-electron chi connectivity index (χ1n) is 9.46. The summed E-state index contributed by atoms with van der Waals surface area (Å²) >= 11 is 0. The fourth-order valence-corrected chi connectivity index (χ4v) is 6.71. The molecule has 0 saturated carbocycles. The quantitative estimate of drug-likeness (QED) is 0.773. The van der Waals surface area contributed by atoms with Crippen molar-refractivity contribution in [2.45, 2.75) is 45.2 Å². The molecular weight excluding hydrogens is 356 g/mol. The van der Waals surface area contributed by atoms with Crippen LogP contribution in [0.15, 0.2) is 60.7 Å². The SMILES string of the molecule is COC1(C(O[SiH](c2ccccc2)c2ccccc2)C(C)(C)C)COC(O)C1. The average Bonchev–Trinajstić information content (AvgIpc) is 3.04. The molecule has 1 aliphatic heterocycles. The van der Waals surface area contributed by atoms with Gasteiger partial charge in [-0.3, -0.25) is 0 Å². The lowest BCUT2D eigenvalue weighted by Crippen LogP contribution is -2.59. The number of aliphatic hydroxyl groups excluding tert-OH is 1. The Morgan fingerprint density at radius 1 is 1.04 bits per heavy atom. The van der Waals surface area contributed by atoms with Crippen LogP contribution in [0.4, 0.5) is 0 Å². The van der Waals surface area contributed by atoms with Gasteiger partial charge in [0.15, 0.2) is 6.29 Å². The van der Waals surface area contributed by atoms with Crippen LogP contribution in [-0.4, -0.2) is 45.9 Å². The minimum Gasteiger partial charge on any atom is -0.404 e. The summed E-state index contributed by atoms with van der Waals surface area (Å²) in [6.45, 7) is 6.80. The number of ether oxygens (including phenoxy) is 2. The minimum atomic E-state index is -1.96. The summed E-state index contributed by atoms with van der Waals surface area (Å²) in [6.07, 6.45) is -0.618.